The Balaban J connectivity index is 1.90. The molecule has 2 rings (SSSR count). The molecule has 0 aliphatic rings. The van der Waals surface area contributed by atoms with Crippen LogP contribution in [0.4, 0.5) is 0 Å². The van der Waals surface area contributed by atoms with E-state index in [4.69, 9.17) is 16.3 Å². The van der Waals surface area contributed by atoms with Crippen LogP contribution in [0.15, 0.2) is 48.5 Å². The minimum absolute atomic E-state index is 0.170. The predicted molar refractivity (Wildman–Crippen MR) is 84.6 cm³/mol. The highest BCUT2D eigenvalue weighted by Crippen LogP contribution is 2.24. The number of rotatable bonds is 5. The molecule has 0 saturated carbocycles. The molecule has 4 heteroatoms. The third-order valence-electron chi connectivity index (χ3n) is 3.06. The summed E-state index contributed by atoms with van der Waals surface area (Å²) >= 11 is 6.01. The Morgan fingerprint density at radius 1 is 1.24 bits per heavy atom. The van der Waals surface area contributed by atoms with Gasteiger partial charge in [-0.3, -0.25) is 4.79 Å². The Bertz CT molecular complexity index is 628. The quantitative estimate of drug-likeness (QED) is 0.914. The smallest absolute Gasteiger partial charge is 0.261 e. The number of aryl methyl sites for hydroxylation is 1. The molecule has 0 aromatic heterocycles. The molecule has 1 N–H and O–H groups in total. The summed E-state index contributed by atoms with van der Waals surface area (Å²) in [7, 11) is 0. The van der Waals surface area contributed by atoms with Crippen LogP contribution in [0.5, 0.6) is 5.75 Å². The molecule has 1 unspecified atom stereocenters. The summed E-state index contributed by atoms with van der Waals surface area (Å²) in [5, 5.41) is 3.35. The average molecular weight is 304 g/mol. The van der Waals surface area contributed by atoms with E-state index in [2.05, 4.69) is 5.32 Å². The Morgan fingerprint density at radius 3 is 2.71 bits per heavy atom. The molecule has 1 atom stereocenters. The van der Waals surface area contributed by atoms with Crippen LogP contribution in [0, 0.1) is 6.92 Å². The molecular weight excluding hydrogens is 286 g/mol. The Hall–Kier alpha value is -2.00. The second-order valence-corrected chi connectivity index (χ2v) is 5.30. The molecule has 0 aliphatic carbocycles. The fourth-order valence-corrected chi connectivity index (χ4v) is 2.12. The third kappa shape index (κ3) is 4.50. The Morgan fingerprint density at radius 2 is 2.00 bits per heavy atom. The first-order chi connectivity index (χ1) is 10.1. The summed E-state index contributed by atoms with van der Waals surface area (Å²) in [5.74, 6) is 0.341. The first-order valence-electron chi connectivity index (χ1n) is 6.80. The van der Waals surface area contributed by atoms with E-state index in [1.54, 1.807) is 19.1 Å². The van der Waals surface area contributed by atoms with Crippen LogP contribution in [-0.4, -0.2) is 12.0 Å². The molecule has 2 aromatic carbocycles. The zero-order valence-corrected chi connectivity index (χ0v) is 12.9. The van der Waals surface area contributed by atoms with Gasteiger partial charge in [0.1, 0.15) is 5.75 Å². The van der Waals surface area contributed by atoms with Gasteiger partial charge in [0.05, 0.1) is 5.02 Å². The van der Waals surface area contributed by atoms with E-state index in [0.29, 0.717) is 17.3 Å². The maximum atomic E-state index is 12.0. The lowest BCUT2D eigenvalue weighted by Crippen LogP contribution is -2.35. The van der Waals surface area contributed by atoms with Crippen molar-refractivity contribution in [1.29, 1.82) is 0 Å². The summed E-state index contributed by atoms with van der Waals surface area (Å²) in [6.45, 7) is 4.21. The van der Waals surface area contributed by atoms with Crippen LogP contribution < -0.4 is 10.1 Å². The zero-order chi connectivity index (χ0) is 15.2. The molecule has 0 fully saturated rings. The molecule has 0 saturated heterocycles. The van der Waals surface area contributed by atoms with E-state index < -0.39 is 6.10 Å². The highest BCUT2D eigenvalue weighted by Gasteiger charge is 2.15. The molecule has 0 spiro atoms. The van der Waals surface area contributed by atoms with E-state index in [1.807, 2.05) is 43.3 Å². The van der Waals surface area contributed by atoms with Crippen LogP contribution in [0.3, 0.4) is 0 Å². The first kappa shape index (κ1) is 15.4. The van der Waals surface area contributed by atoms with Crippen molar-refractivity contribution in [3.8, 4) is 5.75 Å². The van der Waals surface area contributed by atoms with Gasteiger partial charge in [0.2, 0.25) is 0 Å². The van der Waals surface area contributed by atoms with Crippen molar-refractivity contribution >= 4 is 17.5 Å². The number of benzene rings is 2. The number of hydrogen-bond donors (Lipinski definition) is 1. The van der Waals surface area contributed by atoms with Crippen LogP contribution >= 0.6 is 11.6 Å². The van der Waals surface area contributed by atoms with Gasteiger partial charge in [0.25, 0.3) is 5.91 Å². The Labute approximate surface area is 129 Å². The maximum absolute atomic E-state index is 12.0. The van der Waals surface area contributed by atoms with Gasteiger partial charge in [-0.1, -0.05) is 53.6 Å². The monoisotopic (exact) mass is 303 g/mol. The topological polar surface area (TPSA) is 38.3 Å². The average Bonchev–Trinajstić information content (AvgIpc) is 2.47. The third-order valence-corrected chi connectivity index (χ3v) is 3.37. The van der Waals surface area contributed by atoms with Crippen LogP contribution in [0.1, 0.15) is 18.1 Å². The second-order valence-electron chi connectivity index (χ2n) is 4.90. The van der Waals surface area contributed by atoms with Gasteiger partial charge in [-0.05, 0) is 31.5 Å². The lowest BCUT2D eigenvalue weighted by atomic mass is 10.1. The van der Waals surface area contributed by atoms with E-state index >= 15 is 0 Å². The molecule has 0 bridgehead atoms. The van der Waals surface area contributed by atoms with Gasteiger partial charge in [0.15, 0.2) is 6.10 Å². The number of hydrogen-bond acceptors (Lipinski definition) is 2. The van der Waals surface area contributed by atoms with Crippen molar-refractivity contribution in [3.05, 3.63) is 64.7 Å². The molecule has 110 valence electrons. The molecule has 0 aliphatic heterocycles. The van der Waals surface area contributed by atoms with E-state index in [-0.39, 0.29) is 5.91 Å². The van der Waals surface area contributed by atoms with Gasteiger partial charge < -0.3 is 10.1 Å². The van der Waals surface area contributed by atoms with E-state index in [1.165, 1.54) is 5.56 Å². The van der Waals surface area contributed by atoms with Crippen molar-refractivity contribution in [3.63, 3.8) is 0 Å². The molecule has 0 radical (unpaired) electrons. The summed E-state index contributed by atoms with van der Waals surface area (Å²) in [6.07, 6.45) is -0.602. The summed E-state index contributed by atoms with van der Waals surface area (Å²) in [6, 6.07) is 15.1. The fourth-order valence-electron chi connectivity index (χ4n) is 1.94. The van der Waals surface area contributed by atoms with Crippen LogP contribution in [-0.2, 0) is 11.3 Å². The van der Waals surface area contributed by atoms with Crippen molar-refractivity contribution in [2.24, 2.45) is 0 Å². The highest BCUT2D eigenvalue weighted by molar-refractivity contribution is 6.32. The lowest BCUT2D eigenvalue weighted by Gasteiger charge is -2.15. The number of halogens is 1. The number of carbonyl (C=O) groups is 1. The number of amides is 1. The van der Waals surface area contributed by atoms with Crippen molar-refractivity contribution in [2.75, 3.05) is 0 Å². The lowest BCUT2D eigenvalue weighted by molar-refractivity contribution is -0.127. The molecular formula is C17H18ClNO2. The standard InChI is InChI=1S/C17H18ClNO2/c1-12-6-5-7-14(10-12)11-19-17(20)13(2)21-16-9-4-3-8-15(16)18/h3-10,13H,11H2,1-2H3,(H,19,20). The summed E-state index contributed by atoms with van der Waals surface area (Å²) in [5.41, 5.74) is 2.23. The largest absolute Gasteiger partial charge is 0.479 e. The van der Waals surface area contributed by atoms with Gasteiger partial charge in [0, 0.05) is 6.54 Å². The highest BCUT2D eigenvalue weighted by atomic mass is 35.5. The van der Waals surface area contributed by atoms with Gasteiger partial charge in [-0.25, -0.2) is 0 Å². The van der Waals surface area contributed by atoms with E-state index in [9.17, 15) is 4.79 Å². The van der Waals surface area contributed by atoms with Gasteiger partial charge in [-0.15, -0.1) is 0 Å². The maximum Gasteiger partial charge on any atom is 0.261 e. The van der Waals surface area contributed by atoms with Crippen molar-refractivity contribution < 1.29 is 9.53 Å². The molecule has 1 amide bonds. The first-order valence-corrected chi connectivity index (χ1v) is 7.18. The van der Waals surface area contributed by atoms with Crippen LogP contribution in [0.2, 0.25) is 5.02 Å². The number of carbonyl (C=O) groups excluding carboxylic acids is 1. The Kier molecular flexibility index (Phi) is 5.23. The number of nitrogens with one attached hydrogen (secondary N) is 1. The summed E-state index contributed by atoms with van der Waals surface area (Å²) < 4.78 is 5.58. The van der Waals surface area contributed by atoms with Crippen LogP contribution in [0.25, 0.3) is 0 Å². The minimum atomic E-state index is -0.602. The fraction of sp³-hybridized carbons (Fsp3) is 0.235. The SMILES string of the molecule is Cc1cccc(CNC(=O)C(C)Oc2ccccc2Cl)c1. The normalized spacial score (nSPS) is 11.8. The zero-order valence-electron chi connectivity index (χ0n) is 12.1. The van der Waals surface area contributed by atoms with Crippen molar-refractivity contribution in [2.45, 2.75) is 26.5 Å². The van der Waals surface area contributed by atoms with Crippen molar-refractivity contribution in [1.82, 2.24) is 5.32 Å². The number of para-hydroxylation sites is 1. The van der Waals surface area contributed by atoms with E-state index in [0.717, 1.165) is 5.56 Å². The minimum Gasteiger partial charge on any atom is -0.479 e. The number of ether oxygens (including phenoxy) is 1. The molecule has 3 nitrogen and oxygen atoms in total. The summed E-state index contributed by atoms with van der Waals surface area (Å²) in [4.78, 5) is 12.0. The predicted octanol–water partition coefficient (Wildman–Crippen LogP) is 3.73. The molecule has 21 heavy (non-hydrogen) atoms. The second kappa shape index (κ2) is 7.14. The molecule has 2 aromatic rings. The van der Waals surface area contributed by atoms with Gasteiger partial charge in [-0.2, -0.15) is 0 Å². The van der Waals surface area contributed by atoms with Gasteiger partial charge >= 0.3 is 0 Å². The molecule has 0 heterocycles.